The van der Waals surface area contributed by atoms with Crippen LogP contribution >= 0.6 is 23.2 Å². The van der Waals surface area contributed by atoms with Gasteiger partial charge in [0.1, 0.15) is 5.82 Å². The number of halogens is 3. The zero-order chi connectivity index (χ0) is 14.9. The second-order valence-corrected chi connectivity index (χ2v) is 6.37. The van der Waals surface area contributed by atoms with Crippen LogP contribution in [0.1, 0.15) is 49.3 Å². The number of fused-ring (bicyclic) bond motifs is 1. The van der Waals surface area contributed by atoms with Crippen LogP contribution in [0, 0.1) is 12.7 Å². The second-order valence-electron chi connectivity index (χ2n) is 5.58. The van der Waals surface area contributed by atoms with Crippen molar-refractivity contribution in [1.82, 2.24) is 0 Å². The summed E-state index contributed by atoms with van der Waals surface area (Å²) in [5.41, 5.74) is 4.05. The SMILES string of the molecule is CC1=C(Cl)C(Cl)=CCC(C)c2cc(C)c(F)cc2CC1. The first-order valence-corrected chi connectivity index (χ1v) is 7.66. The maximum atomic E-state index is 13.8. The van der Waals surface area contributed by atoms with E-state index in [1.54, 1.807) is 6.07 Å². The van der Waals surface area contributed by atoms with E-state index in [0.29, 0.717) is 21.5 Å². The standard InChI is InChI=1S/C17H19Cl2F/c1-10-5-7-15(18)17(19)11(2)4-6-13-9-16(20)12(3)8-14(10)13/h7-10H,4-6H2,1-3H3. The maximum absolute atomic E-state index is 13.8. The van der Waals surface area contributed by atoms with Crippen LogP contribution in [-0.4, -0.2) is 0 Å². The molecule has 20 heavy (non-hydrogen) atoms. The van der Waals surface area contributed by atoms with E-state index >= 15 is 0 Å². The molecule has 3 heteroatoms. The molecule has 108 valence electrons. The number of rotatable bonds is 0. The van der Waals surface area contributed by atoms with Crippen molar-refractivity contribution in [3.8, 4) is 0 Å². The summed E-state index contributed by atoms with van der Waals surface area (Å²) in [6, 6.07) is 3.65. The van der Waals surface area contributed by atoms with Gasteiger partial charge in [-0.15, -0.1) is 0 Å². The van der Waals surface area contributed by atoms with E-state index in [1.807, 2.05) is 26.0 Å². The van der Waals surface area contributed by atoms with Crippen molar-refractivity contribution in [2.45, 2.75) is 46.0 Å². The minimum absolute atomic E-state index is 0.130. The summed E-state index contributed by atoms with van der Waals surface area (Å²) in [7, 11) is 0. The average molecular weight is 313 g/mol. The lowest BCUT2D eigenvalue weighted by Crippen LogP contribution is -2.04. The van der Waals surface area contributed by atoms with Gasteiger partial charge in [-0.2, -0.15) is 0 Å². The van der Waals surface area contributed by atoms with E-state index in [9.17, 15) is 4.39 Å². The molecule has 0 fully saturated rings. The minimum Gasteiger partial charge on any atom is -0.207 e. The van der Waals surface area contributed by atoms with E-state index in [2.05, 4.69) is 6.92 Å². The first-order chi connectivity index (χ1) is 9.40. The van der Waals surface area contributed by atoms with E-state index in [-0.39, 0.29) is 5.82 Å². The molecule has 1 aliphatic carbocycles. The predicted octanol–water partition coefficient (Wildman–Crippen LogP) is 6.21. The van der Waals surface area contributed by atoms with Crippen molar-refractivity contribution in [2.24, 2.45) is 0 Å². The number of hydrogen-bond acceptors (Lipinski definition) is 0. The third-order valence-electron chi connectivity index (χ3n) is 3.96. The van der Waals surface area contributed by atoms with E-state index in [1.165, 1.54) is 5.56 Å². The lowest BCUT2D eigenvalue weighted by atomic mass is 9.88. The Morgan fingerprint density at radius 3 is 2.55 bits per heavy atom. The molecule has 0 N–H and O–H groups in total. The highest BCUT2D eigenvalue weighted by Crippen LogP contribution is 2.33. The molecule has 0 radical (unpaired) electrons. The smallest absolute Gasteiger partial charge is 0.126 e. The summed E-state index contributed by atoms with van der Waals surface area (Å²) in [6.07, 6.45) is 4.36. The van der Waals surface area contributed by atoms with E-state index < -0.39 is 0 Å². The van der Waals surface area contributed by atoms with Gasteiger partial charge >= 0.3 is 0 Å². The molecule has 0 saturated carbocycles. The van der Waals surface area contributed by atoms with Crippen molar-refractivity contribution in [3.63, 3.8) is 0 Å². The number of benzene rings is 1. The van der Waals surface area contributed by atoms with Gasteiger partial charge in [0, 0.05) is 0 Å². The van der Waals surface area contributed by atoms with Gasteiger partial charge in [0.05, 0.1) is 10.1 Å². The Morgan fingerprint density at radius 1 is 1.15 bits per heavy atom. The molecule has 1 unspecified atom stereocenters. The first kappa shape index (κ1) is 15.6. The van der Waals surface area contributed by atoms with Gasteiger partial charge in [-0.1, -0.05) is 47.8 Å². The quantitative estimate of drug-likeness (QED) is 0.534. The van der Waals surface area contributed by atoms with Gasteiger partial charge < -0.3 is 0 Å². The molecule has 0 spiro atoms. The third kappa shape index (κ3) is 3.27. The zero-order valence-electron chi connectivity index (χ0n) is 12.1. The molecule has 2 rings (SSSR count). The van der Waals surface area contributed by atoms with Crippen molar-refractivity contribution in [1.29, 1.82) is 0 Å². The highest BCUT2D eigenvalue weighted by molar-refractivity contribution is 6.44. The Hall–Kier alpha value is -0.790. The van der Waals surface area contributed by atoms with E-state index in [4.69, 9.17) is 23.2 Å². The Kier molecular flexibility index (Phi) is 4.93. The maximum Gasteiger partial charge on any atom is 0.126 e. The van der Waals surface area contributed by atoms with Crippen LogP contribution in [0.4, 0.5) is 4.39 Å². The Labute approximate surface area is 130 Å². The van der Waals surface area contributed by atoms with Crippen molar-refractivity contribution in [2.75, 3.05) is 0 Å². The van der Waals surface area contributed by atoms with Gasteiger partial charge in [0.15, 0.2) is 0 Å². The van der Waals surface area contributed by atoms with Gasteiger partial charge in [-0.05, 0) is 61.8 Å². The van der Waals surface area contributed by atoms with Crippen LogP contribution in [0.15, 0.2) is 33.8 Å². The fourth-order valence-corrected chi connectivity index (χ4v) is 2.97. The van der Waals surface area contributed by atoms with Gasteiger partial charge in [0.25, 0.3) is 0 Å². The summed E-state index contributed by atoms with van der Waals surface area (Å²) >= 11 is 12.5. The summed E-state index contributed by atoms with van der Waals surface area (Å²) in [5, 5.41) is 1.26. The summed E-state index contributed by atoms with van der Waals surface area (Å²) in [6.45, 7) is 5.93. The largest absolute Gasteiger partial charge is 0.207 e. The molecular weight excluding hydrogens is 294 g/mol. The predicted molar refractivity (Wildman–Crippen MR) is 85.0 cm³/mol. The molecule has 1 atom stereocenters. The van der Waals surface area contributed by atoms with Gasteiger partial charge in [-0.25, -0.2) is 4.39 Å². The Bertz CT molecular complexity index is 585. The fourth-order valence-electron chi connectivity index (χ4n) is 2.55. The van der Waals surface area contributed by atoms with Crippen LogP contribution in [0.2, 0.25) is 0 Å². The van der Waals surface area contributed by atoms with Crippen LogP contribution in [0.3, 0.4) is 0 Å². The molecule has 1 aliphatic rings. The van der Waals surface area contributed by atoms with Crippen LogP contribution < -0.4 is 0 Å². The van der Waals surface area contributed by atoms with Crippen molar-refractivity contribution < 1.29 is 4.39 Å². The molecular formula is C17H19Cl2F. The summed E-state index contributed by atoms with van der Waals surface area (Å²) in [5.74, 6) is 0.176. The van der Waals surface area contributed by atoms with Gasteiger partial charge in [-0.3, -0.25) is 0 Å². The molecule has 0 nitrogen and oxygen atoms in total. The van der Waals surface area contributed by atoms with Crippen molar-refractivity contribution >= 4 is 23.2 Å². The molecule has 0 heterocycles. The number of allylic oxidation sites excluding steroid dienone is 4. The molecule has 0 aromatic heterocycles. The lowest BCUT2D eigenvalue weighted by molar-refractivity contribution is 0.611. The zero-order valence-corrected chi connectivity index (χ0v) is 13.6. The minimum atomic E-state index is -0.130. The second kappa shape index (κ2) is 6.32. The topological polar surface area (TPSA) is 0 Å². The average Bonchev–Trinajstić information content (AvgIpc) is 2.42. The molecule has 0 saturated heterocycles. The van der Waals surface area contributed by atoms with Crippen molar-refractivity contribution in [3.05, 3.63) is 56.4 Å². The normalized spacial score (nSPS) is 20.5. The third-order valence-corrected chi connectivity index (χ3v) is 4.92. The van der Waals surface area contributed by atoms with Crippen LogP contribution in [0.25, 0.3) is 0 Å². The van der Waals surface area contributed by atoms with Crippen LogP contribution in [0.5, 0.6) is 0 Å². The molecule has 0 bridgehead atoms. The number of aryl methyl sites for hydroxylation is 2. The summed E-state index contributed by atoms with van der Waals surface area (Å²) < 4.78 is 13.8. The number of hydrogen-bond donors (Lipinski definition) is 0. The molecule has 1 aromatic carbocycles. The molecule has 0 aliphatic heterocycles. The molecule has 0 amide bonds. The molecule has 1 aromatic rings. The van der Waals surface area contributed by atoms with Crippen LogP contribution in [-0.2, 0) is 6.42 Å². The first-order valence-electron chi connectivity index (χ1n) is 6.90. The lowest BCUT2D eigenvalue weighted by Gasteiger charge is -2.19. The van der Waals surface area contributed by atoms with Gasteiger partial charge in [0.2, 0.25) is 0 Å². The fraction of sp³-hybridized carbons (Fsp3) is 0.412. The highest BCUT2D eigenvalue weighted by atomic mass is 35.5. The Balaban J connectivity index is 2.49. The monoisotopic (exact) mass is 312 g/mol. The Morgan fingerprint density at radius 2 is 1.85 bits per heavy atom. The summed E-state index contributed by atoms with van der Waals surface area (Å²) in [4.78, 5) is 0. The highest BCUT2D eigenvalue weighted by Gasteiger charge is 2.16. The van der Waals surface area contributed by atoms with E-state index in [0.717, 1.165) is 30.4 Å².